The zero-order chi connectivity index (χ0) is 14.5. The van der Waals surface area contributed by atoms with Crippen LogP contribution in [0.2, 0.25) is 0 Å². The highest BCUT2D eigenvalue weighted by atomic mass is 79.9. The second-order valence-corrected chi connectivity index (χ2v) is 5.51. The largest absolute Gasteiger partial charge is 0.468 e. The van der Waals surface area contributed by atoms with Gasteiger partial charge in [0.1, 0.15) is 4.83 Å². The van der Waals surface area contributed by atoms with Crippen molar-refractivity contribution in [1.29, 1.82) is 0 Å². The van der Waals surface area contributed by atoms with Crippen molar-refractivity contribution in [3.8, 4) is 0 Å². The molecule has 0 fully saturated rings. The van der Waals surface area contributed by atoms with E-state index in [9.17, 15) is 4.79 Å². The van der Waals surface area contributed by atoms with Gasteiger partial charge in [0.2, 0.25) is 0 Å². The van der Waals surface area contributed by atoms with Gasteiger partial charge < -0.3 is 10.1 Å². The Labute approximate surface area is 126 Å². The fourth-order valence-corrected chi connectivity index (χ4v) is 2.51. The molecule has 0 amide bonds. The van der Waals surface area contributed by atoms with Gasteiger partial charge in [-0.1, -0.05) is 34.1 Å². The quantitative estimate of drug-likeness (QED) is 0.646. The number of carbonyl (C=O) groups is 1. The molecule has 0 spiro atoms. The lowest BCUT2D eigenvalue weighted by atomic mass is 10.2. The fourth-order valence-electron chi connectivity index (χ4n) is 2.10. The van der Waals surface area contributed by atoms with Gasteiger partial charge in [0.05, 0.1) is 18.3 Å². The Balaban J connectivity index is 2.05. The number of aromatic nitrogens is 2. The molecule has 20 heavy (non-hydrogen) atoms. The predicted octanol–water partition coefficient (Wildman–Crippen LogP) is 2.08. The summed E-state index contributed by atoms with van der Waals surface area (Å²) >= 11 is 3.28. The average molecular weight is 340 g/mol. The molecule has 5 nitrogen and oxygen atoms in total. The van der Waals surface area contributed by atoms with Gasteiger partial charge in [-0.3, -0.25) is 9.48 Å². The lowest BCUT2D eigenvalue weighted by Gasteiger charge is -2.08. The summed E-state index contributed by atoms with van der Waals surface area (Å²) in [5.41, 5.74) is 2.13. The molecule has 6 heteroatoms. The first-order chi connectivity index (χ1) is 9.67. The zero-order valence-electron chi connectivity index (χ0n) is 11.6. The molecule has 1 N–H and O–H groups in total. The molecular weight excluding hydrogens is 322 g/mol. The Morgan fingerprint density at radius 2 is 2.25 bits per heavy atom. The number of esters is 1. The molecule has 1 aromatic heterocycles. The van der Waals surface area contributed by atoms with Crippen LogP contribution in [0, 0.1) is 0 Å². The third kappa shape index (κ3) is 3.19. The van der Waals surface area contributed by atoms with Crippen LogP contribution in [0.5, 0.6) is 0 Å². The van der Waals surface area contributed by atoms with Gasteiger partial charge in [-0.05, 0) is 13.0 Å². The number of nitrogens with one attached hydrogen (secondary N) is 1. The van der Waals surface area contributed by atoms with Crippen molar-refractivity contribution in [2.75, 3.05) is 13.7 Å². The number of aryl methyl sites for hydroxylation is 1. The van der Waals surface area contributed by atoms with E-state index in [2.05, 4.69) is 50.1 Å². The van der Waals surface area contributed by atoms with Gasteiger partial charge in [-0.25, -0.2) is 0 Å². The highest BCUT2D eigenvalue weighted by Crippen LogP contribution is 2.18. The molecule has 0 aliphatic rings. The number of hydrogen-bond acceptors (Lipinski definition) is 4. The summed E-state index contributed by atoms with van der Waals surface area (Å²) in [5, 5.41) is 8.96. The maximum atomic E-state index is 11.3. The topological polar surface area (TPSA) is 56.2 Å². The molecule has 1 atom stereocenters. The number of nitrogens with zero attached hydrogens (tertiary/aromatic N) is 2. The van der Waals surface area contributed by atoms with E-state index in [4.69, 9.17) is 0 Å². The Morgan fingerprint density at radius 3 is 2.95 bits per heavy atom. The maximum absolute atomic E-state index is 11.3. The van der Waals surface area contributed by atoms with Gasteiger partial charge in [0.25, 0.3) is 0 Å². The molecule has 1 unspecified atom stereocenters. The van der Waals surface area contributed by atoms with Crippen LogP contribution in [-0.2, 0) is 22.6 Å². The minimum atomic E-state index is -0.341. The first-order valence-corrected chi connectivity index (χ1v) is 7.46. The second-order valence-electron chi connectivity index (χ2n) is 4.40. The third-order valence-electron chi connectivity index (χ3n) is 3.11. The Bertz CT molecular complexity index is 597. The van der Waals surface area contributed by atoms with Gasteiger partial charge in [-0.15, -0.1) is 0 Å². The van der Waals surface area contributed by atoms with E-state index in [1.807, 2.05) is 16.8 Å². The summed E-state index contributed by atoms with van der Waals surface area (Å²) < 4.78 is 6.65. The van der Waals surface area contributed by atoms with Crippen LogP contribution >= 0.6 is 15.9 Å². The van der Waals surface area contributed by atoms with Crippen molar-refractivity contribution in [2.24, 2.45) is 0 Å². The molecule has 0 radical (unpaired) electrons. The number of benzene rings is 1. The van der Waals surface area contributed by atoms with Crippen molar-refractivity contribution in [2.45, 2.75) is 24.8 Å². The molecule has 1 aromatic carbocycles. The van der Waals surface area contributed by atoms with Crippen molar-refractivity contribution in [3.63, 3.8) is 0 Å². The standard InChI is InChI=1S/C14H18BrN3O2/c1-3-18-13-7-5-4-6-10(13)12(17-18)9-16-8-11(15)14(19)20-2/h4-7,11,16H,3,8-9H2,1-2H3. The highest BCUT2D eigenvalue weighted by Gasteiger charge is 2.15. The molecule has 0 saturated heterocycles. The Morgan fingerprint density at radius 1 is 1.50 bits per heavy atom. The lowest BCUT2D eigenvalue weighted by Crippen LogP contribution is -2.29. The van der Waals surface area contributed by atoms with Gasteiger partial charge in [0, 0.05) is 25.0 Å². The number of methoxy groups -OCH3 is 1. The fraction of sp³-hybridized carbons (Fsp3) is 0.429. The summed E-state index contributed by atoms with van der Waals surface area (Å²) in [4.78, 5) is 10.9. The minimum Gasteiger partial charge on any atom is -0.468 e. The van der Waals surface area contributed by atoms with Crippen LogP contribution in [0.25, 0.3) is 10.9 Å². The third-order valence-corrected chi connectivity index (χ3v) is 3.80. The highest BCUT2D eigenvalue weighted by molar-refractivity contribution is 9.10. The number of para-hydroxylation sites is 1. The van der Waals surface area contributed by atoms with E-state index in [1.54, 1.807) is 0 Å². The second kappa shape index (κ2) is 6.85. The average Bonchev–Trinajstić information content (AvgIpc) is 2.84. The lowest BCUT2D eigenvalue weighted by molar-refractivity contribution is -0.139. The van der Waals surface area contributed by atoms with Crippen LogP contribution in [-0.4, -0.2) is 34.2 Å². The van der Waals surface area contributed by atoms with E-state index >= 15 is 0 Å². The molecule has 0 aliphatic heterocycles. The molecule has 0 aliphatic carbocycles. The number of rotatable bonds is 6. The summed E-state index contributed by atoms with van der Waals surface area (Å²) in [6.07, 6.45) is 0. The monoisotopic (exact) mass is 339 g/mol. The van der Waals surface area contributed by atoms with E-state index in [0.29, 0.717) is 13.1 Å². The van der Waals surface area contributed by atoms with Crippen LogP contribution in [0.15, 0.2) is 24.3 Å². The van der Waals surface area contributed by atoms with E-state index in [0.717, 1.165) is 23.1 Å². The number of halogens is 1. The molecule has 2 aromatic rings. The zero-order valence-corrected chi connectivity index (χ0v) is 13.2. The van der Waals surface area contributed by atoms with E-state index in [-0.39, 0.29) is 10.8 Å². The van der Waals surface area contributed by atoms with Gasteiger partial charge in [-0.2, -0.15) is 5.10 Å². The van der Waals surface area contributed by atoms with Crippen molar-refractivity contribution in [1.82, 2.24) is 15.1 Å². The normalized spacial score (nSPS) is 12.6. The van der Waals surface area contributed by atoms with Crippen molar-refractivity contribution >= 4 is 32.8 Å². The number of hydrogen-bond donors (Lipinski definition) is 1. The smallest absolute Gasteiger partial charge is 0.320 e. The van der Waals surface area contributed by atoms with Crippen LogP contribution in [0.3, 0.4) is 0 Å². The molecule has 0 saturated carbocycles. The van der Waals surface area contributed by atoms with Crippen molar-refractivity contribution < 1.29 is 9.53 Å². The summed E-state index contributed by atoms with van der Waals surface area (Å²) in [6.45, 7) is 4.03. The Kier molecular flexibility index (Phi) is 5.14. The molecular formula is C14H18BrN3O2. The maximum Gasteiger partial charge on any atom is 0.320 e. The van der Waals surface area contributed by atoms with Gasteiger partial charge in [0.15, 0.2) is 0 Å². The number of carbonyl (C=O) groups excluding carboxylic acids is 1. The molecule has 0 bridgehead atoms. The summed E-state index contributed by atoms with van der Waals surface area (Å²) in [5.74, 6) is -0.276. The molecule has 2 rings (SSSR count). The summed E-state index contributed by atoms with van der Waals surface area (Å²) in [7, 11) is 1.38. The first kappa shape index (κ1) is 15.0. The minimum absolute atomic E-state index is 0.276. The van der Waals surface area contributed by atoms with Gasteiger partial charge >= 0.3 is 5.97 Å². The predicted molar refractivity (Wildman–Crippen MR) is 81.8 cm³/mol. The number of alkyl halides is 1. The van der Waals surface area contributed by atoms with Crippen LogP contribution in [0.1, 0.15) is 12.6 Å². The van der Waals surface area contributed by atoms with Crippen molar-refractivity contribution in [3.05, 3.63) is 30.0 Å². The number of fused-ring (bicyclic) bond motifs is 1. The Hall–Kier alpha value is -1.40. The SMILES string of the molecule is CCn1nc(CNCC(Br)C(=O)OC)c2ccccc21. The first-order valence-electron chi connectivity index (χ1n) is 6.54. The van der Waals surface area contributed by atoms with Crippen LogP contribution < -0.4 is 5.32 Å². The van der Waals surface area contributed by atoms with E-state index < -0.39 is 0 Å². The summed E-state index contributed by atoms with van der Waals surface area (Å²) in [6, 6.07) is 8.16. The molecule has 108 valence electrons. The van der Waals surface area contributed by atoms with Crippen LogP contribution in [0.4, 0.5) is 0 Å². The molecule has 1 heterocycles. The number of ether oxygens (including phenoxy) is 1. The van der Waals surface area contributed by atoms with E-state index in [1.165, 1.54) is 7.11 Å².